The maximum absolute atomic E-state index is 11.1. The first-order valence-corrected chi connectivity index (χ1v) is 3.70. The molecule has 0 saturated carbocycles. The number of carbonyl (C=O) groups is 1. The Bertz CT molecular complexity index is 360. The van der Waals surface area contributed by atoms with Gasteiger partial charge in [0.1, 0.15) is 6.61 Å². The molecule has 0 amide bonds. The lowest BCUT2D eigenvalue weighted by Gasteiger charge is -1.99. The molecule has 1 aliphatic rings. The molecule has 1 aliphatic heterocycles. The average molecular weight is 164 g/mol. The van der Waals surface area contributed by atoms with Crippen LogP contribution in [-0.4, -0.2) is 16.2 Å². The van der Waals surface area contributed by atoms with Crippen LogP contribution in [0.25, 0.3) is 0 Å². The SMILES string of the molecule is Cc1nnc(C)c2c1COC2=O. The lowest BCUT2D eigenvalue weighted by Crippen LogP contribution is -2.02. The van der Waals surface area contributed by atoms with Crippen molar-refractivity contribution in [1.29, 1.82) is 0 Å². The van der Waals surface area contributed by atoms with Crippen molar-refractivity contribution in [3.8, 4) is 0 Å². The highest BCUT2D eigenvalue weighted by Crippen LogP contribution is 2.22. The van der Waals surface area contributed by atoms with Crippen LogP contribution in [-0.2, 0) is 11.3 Å². The number of fused-ring (bicyclic) bond motifs is 1. The van der Waals surface area contributed by atoms with Crippen molar-refractivity contribution in [2.24, 2.45) is 0 Å². The number of hydrogen-bond acceptors (Lipinski definition) is 4. The molecule has 0 radical (unpaired) electrons. The third-order valence-electron chi connectivity index (χ3n) is 2.00. The Hall–Kier alpha value is -1.45. The zero-order chi connectivity index (χ0) is 8.72. The van der Waals surface area contributed by atoms with Gasteiger partial charge in [-0.3, -0.25) is 0 Å². The van der Waals surface area contributed by atoms with Gasteiger partial charge in [0.15, 0.2) is 0 Å². The standard InChI is InChI=1S/C8H8N2O2/c1-4-6-3-12-8(11)7(6)5(2)10-9-4/h3H2,1-2H3. The molecule has 12 heavy (non-hydrogen) atoms. The number of aromatic nitrogens is 2. The molecule has 4 nitrogen and oxygen atoms in total. The average Bonchev–Trinajstić information content (AvgIpc) is 2.42. The highest BCUT2D eigenvalue weighted by atomic mass is 16.5. The second-order valence-corrected chi connectivity index (χ2v) is 2.80. The van der Waals surface area contributed by atoms with Gasteiger partial charge in [-0.25, -0.2) is 4.79 Å². The minimum absolute atomic E-state index is 0.277. The highest BCUT2D eigenvalue weighted by Gasteiger charge is 2.26. The molecule has 2 heterocycles. The minimum Gasteiger partial charge on any atom is -0.457 e. The van der Waals surface area contributed by atoms with Gasteiger partial charge in [0.05, 0.1) is 17.0 Å². The van der Waals surface area contributed by atoms with Gasteiger partial charge in [-0.1, -0.05) is 0 Å². The summed E-state index contributed by atoms with van der Waals surface area (Å²) in [5, 5.41) is 7.75. The monoisotopic (exact) mass is 164 g/mol. The molecule has 4 heteroatoms. The molecule has 2 rings (SSSR count). The number of aryl methyl sites for hydroxylation is 2. The summed E-state index contributed by atoms with van der Waals surface area (Å²) in [6.07, 6.45) is 0. The van der Waals surface area contributed by atoms with Crippen LogP contribution >= 0.6 is 0 Å². The fourth-order valence-corrected chi connectivity index (χ4v) is 1.32. The van der Waals surface area contributed by atoms with Gasteiger partial charge in [-0.2, -0.15) is 10.2 Å². The Labute approximate surface area is 69.6 Å². The van der Waals surface area contributed by atoms with Gasteiger partial charge in [0, 0.05) is 5.56 Å². The van der Waals surface area contributed by atoms with E-state index in [0.717, 1.165) is 11.3 Å². The number of rotatable bonds is 0. The van der Waals surface area contributed by atoms with Crippen molar-refractivity contribution in [3.05, 3.63) is 22.5 Å². The van der Waals surface area contributed by atoms with Crippen LogP contribution < -0.4 is 0 Å². The first kappa shape index (κ1) is 7.21. The summed E-state index contributed by atoms with van der Waals surface area (Å²) < 4.78 is 4.87. The van der Waals surface area contributed by atoms with Gasteiger partial charge >= 0.3 is 5.97 Å². The summed E-state index contributed by atoms with van der Waals surface area (Å²) in [5.41, 5.74) is 2.91. The largest absolute Gasteiger partial charge is 0.457 e. The maximum Gasteiger partial charge on any atom is 0.340 e. The maximum atomic E-state index is 11.1. The topological polar surface area (TPSA) is 52.1 Å². The number of cyclic esters (lactones) is 1. The molecule has 0 unspecified atom stereocenters. The number of ether oxygens (including phenoxy) is 1. The number of carbonyl (C=O) groups excluding carboxylic acids is 1. The smallest absolute Gasteiger partial charge is 0.340 e. The summed E-state index contributed by atoms with van der Waals surface area (Å²) in [6.45, 7) is 3.93. The van der Waals surface area contributed by atoms with Crippen molar-refractivity contribution >= 4 is 5.97 Å². The Morgan fingerprint density at radius 2 is 1.92 bits per heavy atom. The Balaban J connectivity index is 2.72. The molecule has 0 spiro atoms. The fraction of sp³-hybridized carbons (Fsp3) is 0.375. The van der Waals surface area contributed by atoms with Gasteiger partial charge in [0.25, 0.3) is 0 Å². The zero-order valence-electron chi connectivity index (χ0n) is 6.92. The molecule has 0 fully saturated rings. The number of nitrogens with zero attached hydrogens (tertiary/aromatic N) is 2. The van der Waals surface area contributed by atoms with E-state index < -0.39 is 0 Å². The summed E-state index contributed by atoms with van der Waals surface area (Å²) in [5.74, 6) is -0.277. The Morgan fingerprint density at radius 3 is 2.58 bits per heavy atom. The fourth-order valence-electron chi connectivity index (χ4n) is 1.32. The second-order valence-electron chi connectivity index (χ2n) is 2.80. The Kier molecular flexibility index (Phi) is 1.36. The van der Waals surface area contributed by atoms with E-state index in [-0.39, 0.29) is 5.97 Å². The van der Waals surface area contributed by atoms with E-state index in [4.69, 9.17) is 4.74 Å². The predicted molar refractivity (Wildman–Crippen MR) is 40.6 cm³/mol. The Morgan fingerprint density at radius 1 is 1.25 bits per heavy atom. The van der Waals surface area contributed by atoms with E-state index >= 15 is 0 Å². The van der Waals surface area contributed by atoms with Crippen LogP contribution in [0.3, 0.4) is 0 Å². The van der Waals surface area contributed by atoms with Crippen LogP contribution in [0.4, 0.5) is 0 Å². The third-order valence-corrected chi connectivity index (χ3v) is 2.00. The predicted octanol–water partition coefficient (Wildman–Crippen LogP) is 0.764. The minimum atomic E-state index is -0.277. The van der Waals surface area contributed by atoms with Crippen LogP contribution in [0.2, 0.25) is 0 Å². The van der Waals surface area contributed by atoms with Crippen LogP contribution in [0.1, 0.15) is 27.3 Å². The van der Waals surface area contributed by atoms with Crippen LogP contribution in [0.15, 0.2) is 0 Å². The van der Waals surface area contributed by atoms with Gasteiger partial charge in [-0.15, -0.1) is 0 Å². The molecule has 0 aromatic carbocycles. The van der Waals surface area contributed by atoms with Crippen molar-refractivity contribution in [1.82, 2.24) is 10.2 Å². The number of esters is 1. The molecular weight excluding hydrogens is 156 g/mol. The molecular formula is C8H8N2O2. The summed E-state index contributed by atoms with van der Waals surface area (Å²) >= 11 is 0. The lowest BCUT2D eigenvalue weighted by atomic mass is 10.1. The number of hydrogen-bond donors (Lipinski definition) is 0. The first-order chi connectivity index (χ1) is 5.70. The van der Waals surface area contributed by atoms with E-state index in [0.29, 0.717) is 17.9 Å². The summed E-state index contributed by atoms with van der Waals surface area (Å²) in [6, 6.07) is 0. The summed E-state index contributed by atoms with van der Waals surface area (Å²) in [4.78, 5) is 11.1. The van der Waals surface area contributed by atoms with Crippen LogP contribution in [0.5, 0.6) is 0 Å². The van der Waals surface area contributed by atoms with E-state index in [2.05, 4.69) is 10.2 Å². The molecule has 0 bridgehead atoms. The first-order valence-electron chi connectivity index (χ1n) is 3.70. The van der Waals surface area contributed by atoms with E-state index in [1.54, 1.807) is 6.92 Å². The van der Waals surface area contributed by atoms with Gasteiger partial charge in [-0.05, 0) is 13.8 Å². The van der Waals surface area contributed by atoms with E-state index in [1.165, 1.54) is 0 Å². The zero-order valence-corrected chi connectivity index (χ0v) is 6.92. The lowest BCUT2D eigenvalue weighted by molar-refractivity contribution is 0.0534. The quantitative estimate of drug-likeness (QED) is 0.531. The molecule has 0 aliphatic carbocycles. The van der Waals surface area contributed by atoms with Gasteiger partial charge in [0.2, 0.25) is 0 Å². The second kappa shape index (κ2) is 2.27. The van der Waals surface area contributed by atoms with Crippen molar-refractivity contribution < 1.29 is 9.53 Å². The molecule has 1 aromatic heterocycles. The third kappa shape index (κ3) is 0.809. The molecule has 0 atom stereocenters. The van der Waals surface area contributed by atoms with Crippen molar-refractivity contribution in [2.75, 3.05) is 0 Å². The molecule has 0 N–H and O–H groups in total. The van der Waals surface area contributed by atoms with Gasteiger partial charge < -0.3 is 4.74 Å². The molecule has 0 saturated heterocycles. The normalized spacial score (nSPS) is 14.3. The summed E-state index contributed by atoms with van der Waals surface area (Å²) in [7, 11) is 0. The van der Waals surface area contributed by atoms with Crippen molar-refractivity contribution in [3.63, 3.8) is 0 Å². The highest BCUT2D eigenvalue weighted by molar-refractivity contribution is 5.94. The van der Waals surface area contributed by atoms with Crippen LogP contribution in [0, 0.1) is 13.8 Å². The van der Waals surface area contributed by atoms with E-state index in [9.17, 15) is 4.79 Å². The molecule has 62 valence electrons. The molecule has 1 aromatic rings. The van der Waals surface area contributed by atoms with Crippen molar-refractivity contribution in [2.45, 2.75) is 20.5 Å². The van der Waals surface area contributed by atoms with E-state index in [1.807, 2.05) is 6.92 Å².